The molecule has 0 radical (unpaired) electrons. The number of carbonyl (C=O) groups excluding carboxylic acids is 2. The molecule has 1 fully saturated rings. The Balaban J connectivity index is 1.65. The predicted molar refractivity (Wildman–Crippen MR) is 89.8 cm³/mol. The van der Waals surface area contributed by atoms with Gasteiger partial charge >= 0.3 is 0 Å². The van der Waals surface area contributed by atoms with E-state index < -0.39 is 0 Å². The number of hydrogen-bond acceptors (Lipinski definition) is 4. The van der Waals surface area contributed by atoms with Gasteiger partial charge in [-0.15, -0.1) is 0 Å². The van der Waals surface area contributed by atoms with E-state index >= 15 is 0 Å². The van der Waals surface area contributed by atoms with Crippen molar-refractivity contribution in [3.63, 3.8) is 0 Å². The van der Waals surface area contributed by atoms with Gasteiger partial charge in [-0.3, -0.25) is 18.7 Å². The van der Waals surface area contributed by atoms with Crippen molar-refractivity contribution >= 4 is 17.5 Å². The third-order valence-electron chi connectivity index (χ3n) is 4.73. The van der Waals surface area contributed by atoms with Crippen LogP contribution in [0.25, 0.3) is 5.65 Å². The van der Waals surface area contributed by atoms with Crippen LogP contribution in [-0.2, 0) is 11.8 Å². The van der Waals surface area contributed by atoms with E-state index in [1.807, 2.05) is 19.2 Å². The Morgan fingerprint density at radius 2 is 2.08 bits per heavy atom. The van der Waals surface area contributed by atoms with E-state index in [1.165, 1.54) is 0 Å². The molecule has 4 heterocycles. The van der Waals surface area contributed by atoms with Crippen molar-refractivity contribution in [3.05, 3.63) is 54.2 Å². The highest BCUT2D eigenvalue weighted by Gasteiger charge is 2.41. The summed E-state index contributed by atoms with van der Waals surface area (Å²) in [6, 6.07) is 6.67. The first-order valence-electron chi connectivity index (χ1n) is 8.03. The van der Waals surface area contributed by atoms with Gasteiger partial charge in [-0.25, -0.2) is 4.98 Å². The van der Waals surface area contributed by atoms with Crippen LogP contribution < -0.4 is 5.32 Å². The number of amides is 2. The van der Waals surface area contributed by atoms with Crippen LogP contribution in [0.3, 0.4) is 0 Å². The Morgan fingerprint density at radius 3 is 2.84 bits per heavy atom. The Hall–Kier alpha value is -3.16. The normalized spacial score (nSPS) is 20.4. The van der Waals surface area contributed by atoms with Crippen LogP contribution in [-0.4, -0.2) is 49.0 Å². The van der Waals surface area contributed by atoms with Crippen LogP contribution in [0, 0.1) is 0 Å². The first kappa shape index (κ1) is 15.4. The van der Waals surface area contributed by atoms with Gasteiger partial charge in [-0.2, -0.15) is 5.10 Å². The summed E-state index contributed by atoms with van der Waals surface area (Å²) in [6.45, 7) is 0. The molecule has 3 aromatic rings. The molecule has 25 heavy (non-hydrogen) atoms. The number of imidazole rings is 1. The van der Waals surface area contributed by atoms with E-state index in [2.05, 4.69) is 15.4 Å². The Kier molecular flexibility index (Phi) is 3.52. The SMILES string of the molecule is CN1C(=O)C[C@@H](NC(=O)c2cccc3nccn23)[C@@H]1c1ccnn1C. The van der Waals surface area contributed by atoms with Crippen LogP contribution in [0.1, 0.15) is 28.6 Å². The molecule has 128 valence electrons. The number of pyridine rings is 1. The van der Waals surface area contributed by atoms with E-state index in [0.29, 0.717) is 11.3 Å². The monoisotopic (exact) mass is 338 g/mol. The molecule has 0 saturated carbocycles. The van der Waals surface area contributed by atoms with Crippen molar-refractivity contribution in [2.75, 3.05) is 7.05 Å². The smallest absolute Gasteiger partial charge is 0.268 e. The van der Waals surface area contributed by atoms with E-state index in [9.17, 15) is 9.59 Å². The molecule has 1 aliphatic rings. The number of nitrogens with zero attached hydrogens (tertiary/aromatic N) is 5. The lowest BCUT2D eigenvalue weighted by molar-refractivity contribution is -0.127. The van der Waals surface area contributed by atoms with Crippen LogP contribution in [0.5, 0.6) is 0 Å². The quantitative estimate of drug-likeness (QED) is 0.764. The zero-order valence-corrected chi connectivity index (χ0v) is 14.0. The van der Waals surface area contributed by atoms with E-state index in [4.69, 9.17) is 0 Å². The fourth-order valence-corrected chi connectivity index (χ4v) is 3.45. The third-order valence-corrected chi connectivity index (χ3v) is 4.73. The highest BCUT2D eigenvalue weighted by atomic mass is 16.2. The number of hydrogen-bond donors (Lipinski definition) is 1. The Bertz CT molecular complexity index is 959. The van der Waals surface area contributed by atoms with Gasteiger partial charge in [0.05, 0.1) is 17.8 Å². The summed E-state index contributed by atoms with van der Waals surface area (Å²) in [5.41, 5.74) is 2.08. The average Bonchev–Trinajstić information content (AvgIpc) is 3.28. The number of aromatic nitrogens is 4. The number of likely N-dealkylation sites (tertiary alicyclic amines) is 1. The van der Waals surface area contributed by atoms with Gasteiger partial charge in [0.25, 0.3) is 5.91 Å². The molecule has 0 spiro atoms. The highest BCUT2D eigenvalue weighted by molar-refractivity contribution is 5.94. The van der Waals surface area contributed by atoms with Gasteiger partial charge in [0.2, 0.25) is 5.91 Å². The lowest BCUT2D eigenvalue weighted by Crippen LogP contribution is -2.40. The van der Waals surface area contributed by atoms with Gasteiger partial charge in [0.15, 0.2) is 0 Å². The average molecular weight is 338 g/mol. The minimum atomic E-state index is -0.320. The molecule has 0 unspecified atom stereocenters. The fraction of sp³-hybridized carbons (Fsp3) is 0.294. The Labute approximate surface area is 144 Å². The highest BCUT2D eigenvalue weighted by Crippen LogP contribution is 2.31. The molecule has 1 N–H and O–H groups in total. The predicted octanol–water partition coefficient (Wildman–Crippen LogP) is 0.770. The molecule has 0 aromatic carbocycles. The summed E-state index contributed by atoms with van der Waals surface area (Å²) in [5.74, 6) is -0.235. The zero-order valence-electron chi connectivity index (χ0n) is 14.0. The van der Waals surface area contributed by atoms with Crippen molar-refractivity contribution in [2.24, 2.45) is 7.05 Å². The molecule has 3 aromatic heterocycles. The molecule has 8 heteroatoms. The van der Waals surface area contributed by atoms with E-state index in [1.54, 1.807) is 51.8 Å². The van der Waals surface area contributed by atoms with Crippen molar-refractivity contribution in [1.29, 1.82) is 0 Å². The topological polar surface area (TPSA) is 84.5 Å². The first-order chi connectivity index (χ1) is 12.1. The maximum atomic E-state index is 12.8. The fourth-order valence-electron chi connectivity index (χ4n) is 3.45. The summed E-state index contributed by atoms with van der Waals surface area (Å²) in [5, 5.41) is 7.19. The molecule has 0 aliphatic carbocycles. The second-order valence-electron chi connectivity index (χ2n) is 6.18. The van der Waals surface area contributed by atoms with Gasteiger partial charge in [0, 0.05) is 39.1 Å². The molecule has 8 nitrogen and oxygen atoms in total. The van der Waals surface area contributed by atoms with Crippen molar-refractivity contribution in [3.8, 4) is 0 Å². The lowest BCUT2D eigenvalue weighted by Gasteiger charge is -2.25. The number of fused-ring (bicyclic) bond motifs is 1. The summed E-state index contributed by atoms with van der Waals surface area (Å²) in [4.78, 5) is 30.9. The molecule has 2 atom stereocenters. The Morgan fingerprint density at radius 1 is 1.24 bits per heavy atom. The summed E-state index contributed by atoms with van der Waals surface area (Å²) in [6.07, 6.45) is 5.35. The van der Waals surface area contributed by atoms with E-state index in [0.717, 1.165) is 5.69 Å². The summed E-state index contributed by atoms with van der Waals surface area (Å²) >= 11 is 0. The molecular weight excluding hydrogens is 320 g/mol. The second kappa shape index (κ2) is 5.73. The molecule has 2 amide bonds. The molecule has 1 aliphatic heterocycles. The summed E-state index contributed by atoms with van der Waals surface area (Å²) in [7, 11) is 3.58. The largest absolute Gasteiger partial charge is 0.345 e. The van der Waals surface area contributed by atoms with E-state index in [-0.39, 0.29) is 30.3 Å². The third kappa shape index (κ3) is 2.46. The molecular formula is C17H18N6O2. The number of likely N-dealkylation sites (N-methyl/N-ethyl adjacent to an activating group) is 1. The second-order valence-corrected chi connectivity index (χ2v) is 6.18. The van der Waals surface area contributed by atoms with Gasteiger partial charge in [-0.1, -0.05) is 6.07 Å². The molecule has 1 saturated heterocycles. The molecule has 0 bridgehead atoms. The minimum Gasteiger partial charge on any atom is -0.345 e. The molecule has 4 rings (SSSR count). The van der Waals surface area contributed by atoms with Crippen molar-refractivity contribution in [2.45, 2.75) is 18.5 Å². The van der Waals surface area contributed by atoms with Gasteiger partial charge in [0.1, 0.15) is 11.3 Å². The number of rotatable bonds is 3. The standard InChI is InChI=1S/C17H18N6O2/c1-21-15(24)10-11(16(21)12-6-7-19-22(12)2)20-17(25)13-4-3-5-14-18-8-9-23(13)14/h3-9,11,16H,10H2,1-2H3,(H,20,25)/t11-,16-/m1/s1. The minimum absolute atomic E-state index is 0.00246. The number of nitrogens with one attached hydrogen (secondary N) is 1. The van der Waals surface area contributed by atoms with Gasteiger partial charge < -0.3 is 10.2 Å². The first-order valence-corrected chi connectivity index (χ1v) is 8.03. The maximum Gasteiger partial charge on any atom is 0.268 e. The number of carbonyl (C=O) groups is 2. The number of aryl methyl sites for hydroxylation is 1. The lowest BCUT2D eigenvalue weighted by atomic mass is 10.1. The van der Waals surface area contributed by atoms with Crippen molar-refractivity contribution in [1.82, 2.24) is 29.4 Å². The maximum absolute atomic E-state index is 12.8. The summed E-state index contributed by atoms with van der Waals surface area (Å²) < 4.78 is 3.46. The van der Waals surface area contributed by atoms with Crippen LogP contribution in [0.4, 0.5) is 0 Å². The van der Waals surface area contributed by atoms with Crippen molar-refractivity contribution < 1.29 is 9.59 Å². The zero-order chi connectivity index (χ0) is 17.6. The van der Waals surface area contributed by atoms with Crippen LogP contribution in [0.15, 0.2) is 42.9 Å². The van der Waals surface area contributed by atoms with Crippen LogP contribution in [0.2, 0.25) is 0 Å². The van der Waals surface area contributed by atoms with Gasteiger partial charge in [-0.05, 0) is 18.2 Å². The van der Waals surface area contributed by atoms with Crippen LogP contribution >= 0.6 is 0 Å².